The third-order valence-corrected chi connectivity index (χ3v) is 5.52. The summed E-state index contributed by atoms with van der Waals surface area (Å²) in [5.41, 5.74) is 4.55. The fraction of sp³-hybridized carbons (Fsp3) is 0.227. The molecule has 30 heavy (non-hydrogen) atoms. The first-order valence-electron chi connectivity index (χ1n) is 9.93. The van der Waals surface area contributed by atoms with Gasteiger partial charge in [0.15, 0.2) is 5.82 Å². The molecule has 1 aliphatic rings. The zero-order chi connectivity index (χ0) is 20.5. The van der Waals surface area contributed by atoms with Crippen molar-refractivity contribution in [1.82, 2.24) is 30.2 Å². The molecule has 1 fully saturated rings. The second kappa shape index (κ2) is 7.84. The van der Waals surface area contributed by atoms with Crippen LogP contribution in [-0.4, -0.2) is 43.3 Å². The van der Waals surface area contributed by atoms with E-state index in [-0.39, 0.29) is 0 Å². The highest BCUT2D eigenvalue weighted by Gasteiger charge is 2.21. The molecule has 2 aromatic carbocycles. The summed E-state index contributed by atoms with van der Waals surface area (Å²) in [5, 5.41) is 13.1. The van der Waals surface area contributed by atoms with Gasteiger partial charge in [0.25, 0.3) is 0 Å². The summed E-state index contributed by atoms with van der Waals surface area (Å²) < 4.78 is 1.72. The van der Waals surface area contributed by atoms with Gasteiger partial charge in [0.1, 0.15) is 0 Å². The topological polar surface area (TPSA) is 72.6 Å². The Balaban J connectivity index is 1.66. The summed E-state index contributed by atoms with van der Waals surface area (Å²) in [7, 11) is 0. The molecule has 7 nitrogen and oxygen atoms in total. The van der Waals surface area contributed by atoms with Crippen LogP contribution in [0, 0.1) is 6.92 Å². The lowest BCUT2D eigenvalue weighted by molar-refractivity contribution is 0.790. The van der Waals surface area contributed by atoms with E-state index in [0.29, 0.717) is 10.8 Å². The van der Waals surface area contributed by atoms with Crippen molar-refractivity contribution in [3.8, 4) is 28.3 Å². The van der Waals surface area contributed by atoms with Crippen molar-refractivity contribution in [2.45, 2.75) is 19.8 Å². The van der Waals surface area contributed by atoms with Gasteiger partial charge in [0, 0.05) is 29.9 Å². The summed E-state index contributed by atoms with van der Waals surface area (Å²) in [6.07, 6.45) is 4.14. The van der Waals surface area contributed by atoms with Crippen molar-refractivity contribution < 1.29 is 0 Å². The van der Waals surface area contributed by atoms with E-state index in [1.54, 1.807) is 4.68 Å². The first-order valence-corrected chi connectivity index (χ1v) is 10.3. The minimum absolute atomic E-state index is 0.594. The third kappa shape index (κ3) is 3.52. The van der Waals surface area contributed by atoms with Crippen LogP contribution in [0.5, 0.6) is 0 Å². The quantitative estimate of drug-likeness (QED) is 0.491. The van der Waals surface area contributed by atoms with Crippen molar-refractivity contribution in [2.75, 3.05) is 18.0 Å². The number of halogens is 1. The van der Waals surface area contributed by atoms with E-state index in [2.05, 4.69) is 25.4 Å². The Bertz CT molecular complexity index is 1160. The molecule has 3 heterocycles. The largest absolute Gasteiger partial charge is 0.341 e. The molecule has 8 heteroatoms. The van der Waals surface area contributed by atoms with Gasteiger partial charge in [0.2, 0.25) is 5.95 Å². The van der Waals surface area contributed by atoms with Gasteiger partial charge in [-0.1, -0.05) is 41.4 Å². The van der Waals surface area contributed by atoms with Crippen LogP contribution >= 0.6 is 11.6 Å². The third-order valence-electron chi connectivity index (χ3n) is 5.27. The van der Waals surface area contributed by atoms with E-state index in [4.69, 9.17) is 16.6 Å². The van der Waals surface area contributed by atoms with Crippen LogP contribution in [-0.2, 0) is 0 Å². The lowest BCUT2D eigenvalue weighted by atomic mass is 10.1. The molecule has 0 N–H and O–H groups in total. The number of nitrogens with zero attached hydrogens (tertiary/aromatic N) is 7. The Morgan fingerprint density at radius 2 is 1.67 bits per heavy atom. The first-order chi connectivity index (χ1) is 14.7. The molecule has 0 saturated carbocycles. The maximum atomic E-state index is 6.11. The van der Waals surface area contributed by atoms with Crippen molar-refractivity contribution in [1.29, 1.82) is 0 Å². The molecule has 0 unspecified atom stereocenters. The lowest BCUT2D eigenvalue weighted by Crippen LogP contribution is -2.20. The Morgan fingerprint density at radius 3 is 2.40 bits per heavy atom. The van der Waals surface area contributed by atoms with E-state index >= 15 is 0 Å². The SMILES string of the molecule is Cc1ccc(-n2nnnc2-c2cnc(N3CCCC3)nc2-c2ccc(Cl)cc2)cc1. The Hall–Kier alpha value is -3.32. The van der Waals surface area contributed by atoms with Gasteiger partial charge in [-0.15, -0.1) is 5.10 Å². The molecule has 150 valence electrons. The number of rotatable bonds is 4. The molecule has 0 spiro atoms. The summed E-state index contributed by atoms with van der Waals surface area (Å²) in [6, 6.07) is 15.7. The van der Waals surface area contributed by atoms with Gasteiger partial charge in [0.05, 0.1) is 16.9 Å². The lowest BCUT2D eigenvalue weighted by Gasteiger charge is -2.17. The van der Waals surface area contributed by atoms with E-state index in [1.165, 1.54) is 5.56 Å². The molecule has 0 radical (unpaired) electrons. The zero-order valence-corrected chi connectivity index (χ0v) is 17.3. The number of aryl methyl sites for hydroxylation is 1. The number of benzene rings is 2. The highest BCUT2D eigenvalue weighted by atomic mass is 35.5. The molecule has 1 saturated heterocycles. The molecular weight excluding hydrogens is 398 g/mol. The summed E-state index contributed by atoms with van der Waals surface area (Å²) in [5.74, 6) is 1.33. The van der Waals surface area contributed by atoms with Crippen LogP contribution in [0.1, 0.15) is 18.4 Å². The molecule has 5 rings (SSSR count). The van der Waals surface area contributed by atoms with Crippen LogP contribution in [0.4, 0.5) is 5.95 Å². The van der Waals surface area contributed by atoms with E-state index in [0.717, 1.165) is 54.4 Å². The van der Waals surface area contributed by atoms with Gasteiger partial charge in [-0.05, 0) is 54.5 Å². The van der Waals surface area contributed by atoms with Crippen molar-refractivity contribution in [3.05, 3.63) is 65.3 Å². The number of aromatic nitrogens is 6. The predicted molar refractivity (Wildman–Crippen MR) is 117 cm³/mol. The molecular formula is C22H20ClN7. The number of hydrogen-bond acceptors (Lipinski definition) is 6. The zero-order valence-electron chi connectivity index (χ0n) is 16.5. The maximum Gasteiger partial charge on any atom is 0.225 e. The maximum absolute atomic E-state index is 6.11. The minimum Gasteiger partial charge on any atom is -0.341 e. The second-order valence-corrected chi connectivity index (χ2v) is 7.82. The van der Waals surface area contributed by atoms with Crippen molar-refractivity contribution in [3.63, 3.8) is 0 Å². The standard InChI is InChI=1S/C22H20ClN7/c1-15-4-10-18(11-5-15)30-21(26-27-28-30)19-14-24-22(29-12-2-3-13-29)25-20(19)16-6-8-17(23)9-7-16/h4-11,14H,2-3,12-13H2,1H3. The molecule has 0 bridgehead atoms. The smallest absolute Gasteiger partial charge is 0.225 e. The molecule has 1 aliphatic heterocycles. The van der Waals surface area contributed by atoms with Crippen molar-refractivity contribution >= 4 is 17.5 Å². The predicted octanol–water partition coefficient (Wildman–Crippen LogP) is 4.35. The monoisotopic (exact) mass is 417 g/mol. The van der Waals surface area contributed by atoms with Gasteiger partial charge in [-0.25, -0.2) is 9.97 Å². The fourth-order valence-corrected chi connectivity index (χ4v) is 3.77. The van der Waals surface area contributed by atoms with E-state index < -0.39 is 0 Å². The summed E-state index contributed by atoms with van der Waals surface area (Å²) in [4.78, 5) is 11.8. The summed E-state index contributed by atoms with van der Waals surface area (Å²) >= 11 is 6.11. The highest BCUT2D eigenvalue weighted by Crippen LogP contribution is 2.32. The van der Waals surface area contributed by atoms with Crippen LogP contribution in [0.15, 0.2) is 54.7 Å². The number of tetrazole rings is 1. The van der Waals surface area contributed by atoms with Crippen molar-refractivity contribution in [2.24, 2.45) is 0 Å². The van der Waals surface area contributed by atoms with E-state index in [1.807, 2.05) is 61.7 Å². The van der Waals surface area contributed by atoms with Gasteiger partial charge >= 0.3 is 0 Å². The molecule has 0 atom stereocenters. The normalized spacial score (nSPS) is 13.7. The second-order valence-electron chi connectivity index (χ2n) is 7.38. The van der Waals surface area contributed by atoms with Crippen LogP contribution < -0.4 is 4.90 Å². The Morgan fingerprint density at radius 1 is 0.933 bits per heavy atom. The highest BCUT2D eigenvalue weighted by molar-refractivity contribution is 6.30. The molecule has 0 amide bonds. The molecule has 0 aliphatic carbocycles. The van der Waals surface area contributed by atoms with E-state index in [9.17, 15) is 0 Å². The Kier molecular flexibility index (Phi) is 4.88. The number of anilines is 1. The van der Waals surface area contributed by atoms with Gasteiger partial charge in [-0.2, -0.15) is 4.68 Å². The van der Waals surface area contributed by atoms with Crippen LogP contribution in [0.25, 0.3) is 28.3 Å². The van der Waals surface area contributed by atoms with Gasteiger partial charge < -0.3 is 4.90 Å². The average Bonchev–Trinajstić information content (AvgIpc) is 3.47. The molecule has 2 aromatic heterocycles. The van der Waals surface area contributed by atoms with Crippen LogP contribution in [0.3, 0.4) is 0 Å². The number of hydrogen-bond donors (Lipinski definition) is 0. The molecule has 4 aromatic rings. The summed E-state index contributed by atoms with van der Waals surface area (Å²) in [6.45, 7) is 3.99. The van der Waals surface area contributed by atoms with Gasteiger partial charge in [-0.3, -0.25) is 0 Å². The fourth-order valence-electron chi connectivity index (χ4n) is 3.65. The first kappa shape index (κ1) is 18.7. The minimum atomic E-state index is 0.594. The Labute approximate surface area is 179 Å². The average molecular weight is 418 g/mol. The van der Waals surface area contributed by atoms with Crippen LogP contribution in [0.2, 0.25) is 5.02 Å².